The monoisotopic (exact) mass is 536 g/mol. The van der Waals surface area contributed by atoms with Gasteiger partial charge in [-0.3, -0.25) is 4.68 Å². The second kappa shape index (κ2) is 10.4. The van der Waals surface area contributed by atoms with Crippen LogP contribution in [0.4, 0.5) is 5.82 Å². The number of fused-ring (bicyclic) bond motifs is 1. The SMILES string of the molecule is CCC[C@@H](O)COc1ccc(Cl)c(-c2nc(-c3c(C)noc3C)c(C)c(N3Cc4c(C)nn(C)c4C3)n2)c1. The highest BCUT2D eigenvalue weighted by Gasteiger charge is 2.30. The fraction of sp³-hybridized carbons (Fsp3) is 0.429. The van der Waals surface area contributed by atoms with Gasteiger partial charge in [-0.25, -0.2) is 9.97 Å². The molecule has 0 aliphatic carbocycles. The quantitative estimate of drug-likeness (QED) is 0.316. The summed E-state index contributed by atoms with van der Waals surface area (Å²) in [6.45, 7) is 11.5. The summed E-state index contributed by atoms with van der Waals surface area (Å²) in [5, 5.41) is 19.4. The zero-order valence-electron chi connectivity index (χ0n) is 22.7. The molecule has 5 rings (SSSR count). The summed E-state index contributed by atoms with van der Waals surface area (Å²) in [4.78, 5) is 12.3. The Morgan fingerprint density at radius 3 is 2.61 bits per heavy atom. The van der Waals surface area contributed by atoms with Crippen LogP contribution in [0.5, 0.6) is 5.75 Å². The van der Waals surface area contributed by atoms with Crippen molar-refractivity contribution in [2.24, 2.45) is 7.05 Å². The first kappa shape index (κ1) is 26.2. The third-order valence-electron chi connectivity index (χ3n) is 7.10. The van der Waals surface area contributed by atoms with Crippen molar-refractivity contribution in [1.29, 1.82) is 0 Å². The molecular formula is C28H33ClN6O3. The number of aryl methyl sites for hydroxylation is 4. The highest BCUT2D eigenvalue weighted by molar-refractivity contribution is 6.33. The van der Waals surface area contributed by atoms with Crippen molar-refractivity contribution in [3.05, 3.63) is 57.2 Å². The van der Waals surface area contributed by atoms with E-state index in [1.54, 1.807) is 12.1 Å². The number of aliphatic hydroxyl groups is 1. The highest BCUT2D eigenvalue weighted by Crippen LogP contribution is 2.39. The molecule has 200 valence electrons. The molecular weight excluding hydrogens is 504 g/mol. The van der Waals surface area contributed by atoms with Gasteiger partial charge in [-0.15, -0.1) is 0 Å². The molecule has 0 saturated carbocycles. The van der Waals surface area contributed by atoms with E-state index in [1.165, 1.54) is 11.3 Å². The van der Waals surface area contributed by atoms with Crippen LogP contribution in [0.1, 0.15) is 53.7 Å². The Hall–Kier alpha value is -3.43. The number of ether oxygens (including phenoxy) is 1. The van der Waals surface area contributed by atoms with Gasteiger partial charge in [-0.1, -0.05) is 30.1 Å². The van der Waals surface area contributed by atoms with Gasteiger partial charge in [0.2, 0.25) is 0 Å². The smallest absolute Gasteiger partial charge is 0.163 e. The highest BCUT2D eigenvalue weighted by atomic mass is 35.5. The molecule has 1 atom stereocenters. The Morgan fingerprint density at radius 2 is 1.92 bits per heavy atom. The van der Waals surface area contributed by atoms with E-state index in [9.17, 15) is 5.11 Å². The van der Waals surface area contributed by atoms with Crippen LogP contribution >= 0.6 is 11.6 Å². The second-order valence-electron chi connectivity index (χ2n) is 9.93. The molecule has 1 aliphatic rings. The topological polar surface area (TPSA) is 102 Å². The number of aliphatic hydroxyl groups excluding tert-OH is 1. The number of anilines is 1. The zero-order chi connectivity index (χ0) is 27.1. The van der Waals surface area contributed by atoms with Crippen molar-refractivity contribution >= 4 is 17.4 Å². The van der Waals surface area contributed by atoms with Crippen LogP contribution in [0, 0.1) is 27.7 Å². The van der Waals surface area contributed by atoms with Crippen LogP contribution < -0.4 is 9.64 Å². The van der Waals surface area contributed by atoms with Crippen LogP contribution in [0.3, 0.4) is 0 Å². The maximum atomic E-state index is 10.1. The first-order valence-electron chi connectivity index (χ1n) is 12.9. The molecule has 38 heavy (non-hydrogen) atoms. The van der Waals surface area contributed by atoms with Crippen LogP contribution in [0.2, 0.25) is 5.02 Å². The van der Waals surface area contributed by atoms with E-state index in [1.807, 2.05) is 52.4 Å². The normalized spacial score (nSPS) is 13.7. The second-order valence-corrected chi connectivity index (χ2v) is 10.3. The number of aromatic nitrogens is 5. The van der Waals surface area contributed by atoms with Crippen molar-refractivity contribution in [3.63, 3.8) is 0 Å². The summed E-state index contributed by atoms with van der Waals surface area (Å²) in [5.41, 5.74) is 7.40. The van der Waals surface area contributed by atoms with Gasteiger partial charge in [0.1, 0.15) is 23.9 Å². The fourth-order valence-electron chi connectivity index (χ4n) is 5.10. The summed E-state index contributed by atoms with van der Waals surface area (Å²) in [6.07, 6.45) is 1.04. The lowest BCUT2D eigenvalue weighted by Gasteiger charge is -2.22. The van der Waals surface area contributed by atoms with E-state index in [0.29, 0.717) is 47.4 Å². The molecule has 0 saturated heterocycles. The lowest BCUT2D eigenvalue weighted by molar-refractivity contribution is 0.0994. The number of rotatable bonds is 8. The molecule has 0 radical (unpaired) electrons. The standard InChI is InChI=1S/C28H33ClN6O3/c1-7-8-19(36)14-37-20-9-10-23(29)21(11-20)27-30-26(25-17(4)33-38-18(25)5)15(2)28(31-27)35-12-22-16(3)32-34(6)24(22)13-35/h9-11,19,36H,7-8,12-14H2,1-6H3/t19-/m1/s1. The fourth-order valence-corrected chi connectivity index (χ4v) is 5.30. The molecule has 0 bridgehead atoms. The molecule has 1 aromatic carbocycles. The minimum atomic E-state index is -0.526. The van der Waals surface area contributed by atoms with Crippen LogP contribution in [-0.2, 0) is 20.1 Å². The Balaban J connectivity index is 1.61. The molecule has 0 fully saturated rings. The van der Waals surface area contributed by atoms with Crippen molar-refractivity contribution in [2.45, 2.75) is 66.7 Å². The van der Waals surface area contributed by atoms with Gasteiger partial charge >= 0.3 is 0 Å². The van der Waals surface area contributed by atoms with Crippen LogP contribution in [0.15, 0.2) is 22.7 Å². The van der Waals surface area contributed by atoms with E-state index in [-0.39, 0.29) is 6.61 Å². The lowest BCUT2D eigenvalue weighted by Crippen LogP contribution is -2.20. The van der Waals surface area contributed by atoms with Crippen LogP contribution in [0.25, 0.3) is 22.6 Å². The Bertz CT molecular complexity index is 1450. The molecule has 3 aromatic heterocycles. The molecule has 10 heteroatoms. The van der Waals surface area contributed by atoms with E-state index >= 15 is 0 Å². The van der Waals surface area contributed by atoms with E-state index in [2.05, 4.69) is 15.2 Å². The average molecular weight is 537 g/mol. The zero-order valence-corrected chi connectivity index (χ0v) is 23.4. The molecule has 0 unspecified atom stereocenters. The van der Waals surface area contributed by atoms with E-state index < -0.39 is 6.10 Å². The molecule has 4 aromatic rings. The summed E-state index contributed by atoms with van der Waals surface area (Å²) in [6, 6.07) is 5.40. The van der Waals surface area contributed by atoms with Crippen molar-refractivity contribution in [3.8, 4) is 28.4 Å². The minimum Gasteiger partial charge on any atom is -0.491 e. The van der Waals surface area contributed by atoms with Crippen molar-refractivity contribution in [2.75, 3.05) is 11.5 Å². The largest absolute Gasteiger partial charge is 0.491 e. The third-order valence-corrected chi connectivity index (χ3v) is 7.43. The lowest BCUT2D eigenvalue weighted by atomic mass is 10.0. The average Bonchev–Trinajstić information content (AvgIpc) is 3.54. The van der Waals surface area contributed by atoms with Crippen LogP contribution in [-0.4, -0.2) is 42.7 Å². The van der Waals surface area contributed by atoms with Gasteiger partial charge in [-0.05, 0) is 52.3 Å². The number of nitrogens with zero attached hydrogens (tertiary/aromatic N) is 6. The van der Waals surface area contributed by atoms with Gasteiger partial charge in [0.25, 0.3) is 0 Å². The maximum absolute atomic E-state index is 10.1. The Labute approximate surface area is 227 Å². The Morgan fingerprint density at radius 1 is 1.13 bits per heavy atom. The third kappa shape index (κ3) is 4.76. The summed E-state index contributed by atoms with van der Waals surface area (Å²) < 4.78 is 13.3. The van der Waals surface area contributed by atoms with Gasteiger partial charge in [-0.2, -0.15) is 5.10 Å². The molecule has 1 N–H and O–H groups in total. The first-order chi connectivity index (χ1) is 18.2. The molecule has 4 heterocycles. The molecule has 0 spiro atoms. The van der Waals surface area contributed by atoms with Crippen molar-refractivity contribution < 1.29 is 14.4 Å². The number of hydrogen-bond acceptors (Lipinski definition) is 8. The predicted molar refractivity (Wildman–Crippen MR) is 146 cm³/mol. The summed E-state index contributed by atoms with van der Waals surface area (Å²) in [7, 11) is 1.98. The minimum absolute atomic E-state index is 0.207. The maximum Gasteiger partial charge on any atom is 0.163 e. The number of hydrogen-bond donors (Lipinski definition) is 1. The number of halogens is 1. The molecule has 9 nitrogen and oxygen atoms in total. The van der Waals surface area contributed by atoms with E-state index in [4.69, 9.17) is 30.8 Å². The van der Waals surface area contributed by atoms with Gasteiger partial charge < -0.3 is 19.3 Å². The molecule has 1 aliphatic heterocycles. The summed E-state index contributed by atoms with van der Waals surface area (Å²) >= 11 is 6.69. The predicted octanol–water partition coefficient (Wildman–Crippen LogP) is 5.48. The number of benzene rings is 1. The van der Waals surface area contributed by atoms with Gasteiger partial charge in [0.15, 0.2) is 5.82 Å². The molecule has 0 amide bonds. The van der Waals surface area contributed by atoms with E-state index in [0.717, 1.165) is 40.4 Å². The van der Waals surface area contributed by atoms with Crippen molar-refractivity contribution in [1.82, 2.24) is 24.9 Å². The van der Waals surface area contributed by atoms with Gasteiger partial charge in [0.05, 0.1) is 46.0 Å². The first-order valence-corrected chi connectivity index (χ1v) is 13.2. The Kier molecular flexibility index (Phi) is 7.15. The van der Waals surface area contributed by atoms with Gasteiger partial charge in [0, 0.05) is 30.3 Å². The summed E-state index contributed by atoms with van der Waals surface area (Å²) in [5.74, 6) is 2.59.